The maximum atomic E-state index is 12.7. The molecule has 0 aromatic carbocycles. The largest absolute Gasteiger partial charge is 0.340 e. The lowest BCUT2D eigenvalue weighted by Gasteiger charge is -2.27. The van der Waals surface area contributed by atoms with Gasteiger partial charge in [-0.15, -0.1) is 0 Å². The smallest absolute Gasteiger partial charge is 0.239 e. The van der Waals surface area contributed by atoms with E-state index in [1.165, 1.54) is 5.56 Å². The molecule has 23 heavy (non-hydrogen) atoms. The molecule has 1 aromatic rings. The number of aryl methyl sites for hydroxylation is 1. The molecule has 2 saturated heterocycles. The quantitative estimate of drug-likeness (QED) is 0.831. The van der Waals surface area contributed by atoms with E-state index in [-0.39, 0.29) is 6.04 Å². The summed E-state index contributed by atoms with van der Waals surface area (Å²) in [7, 11) is 2.07. The van der Waals surface area contributed by atoms with Crippen molar-refractivity contribution in [2.45, 2.75) is 45.3 Å². The fourth-order valence-corrected chi connectivity index (χ4v) is 3.70. The van der Waals surface area contributed by atoms with Crippen LogP contribution in [0.15, 0.2) is 12.4 Å². The topological polar surface area (TPSA) is 44.6 Å². The number of hydrogen-bond acceptors (Lipinski definition) is 4. The summed E-state index contributed by atoms with van der Waals surface area (Å²) >= 11 is 0. The van der Waals surface area contributed by atoms with Gasteiger partial charge in [-0.2, -0.15) is 5.10 Å². The Hall–Kier alpha value is -1.40. The molecule has 2 fully saturated rings. The number of carbonyl (C=O) groups excluding carboxylic acids is 1. The Labute approximate surface area is 139 Å². The summed E-state index contributed by atoms with van der Waals surface area (Å²) in [5.41, 5.74) is 1.27. The minimum absolute atomic E-state index is 0.115. The van der Waals surface area contributed by atoms with Crippen LogP contribution in [-0.2, 0) is 17.9 Å². The highest BCUT2D eigenvalue weighted by atomic mass is 16.2. The SMILES string of the molecule is CCn1cc(CN2CCCN(C(=O)[C@H]3CCCN3C)CC2)cn1. The van der Waals surface area contributed by atoms with E-state index in [0.717, 1.165) is 65.1 Å². The molecule has 0 N–H and O–H groups in total. The van der Waals surface area contributed by atoms with Crippen LogP contribution < -0.4 is 0 Å². The minimum Gasteiger partial charge on any atom is -0.340 e. The number of carbonyl (C=O) groups is 1. The Balaban J connectivity index is 1.53. The molecule has 128 valence electrons. The highest BCUT2D eigenvalue weighted by molar-refractivity contribution is 5.82. The fourth-order valence-electron chi connectivity index (χ4n) is 3.70. The molecule has 0 saturated carbocycles. The zero-order chi connectivity index (χ0) is 16.2. The summed E-state index contributed by atoms with van der Waals surface area (Å²) in [6.07, 6.45) is 7.32. The zero-order valence-electron chi connectivity index (χ0n) is 14.4. The first-order valence-corrected chi connectivity index (χ1v) is 8.90. The third kappa shape index (κ3) is 3.93. The maximum Gasteiger partial charge on any atom is 0.239 e. The molecule has 6 nitrogen and oxygen atoms in total. The molecule has 3 rings (SSSR count). The predicted molar refractivity (Wildman–Crippen MR) is 90.0 cm³/mol. The van der Waals surface area contributed by atoms with Gasteiger partial charge in [-0.1, -0.05) is 0 Å². The lowest BCUT2D eigenvalue weighted by molar-refractivity contribution is -0.135. The first kappa shape index (κ1) is 16.5. The Bertz CT molecular complexity index is 529. The summed E-state index contributed by atoms with van der Waals surface area (Å²) in [6, 6.07) is 0.115. The van der Waals surface area contributed by atoms with Crippen LogP contribution in [-0.4, -0.2) is 76.2 Å². The Morgan fingerprint density at radius 2 is 2.09 bits per heavy atom. The van der Waals surface area contributed by atoms with Gasteiger partial charge >= 0.3 is 0 Å². The van der Waals surface area contributed by atoms with E-state index in [1.807, 2.05) is 10.9 Å². The maximum absolute atomic E-state index is 12.7. The van der Waals surface area contributed by atoms with E-state index in [4.69, 9.17) is 0 Å². The molecule has 0 radical (unpaired) electrons. The molecule has 2 aliphatic heterocycles. The van der Waals surface area contributed by atoms with Crippen molar-refractivity contribution in [2.24, 2.45) is 0 Å². The lowest BCUT2D eigenvalue weighted by atomic mass is 10.2. The predicted octanol–water partition coefficient (Wildman–Crippen LogP) is 1.03. The zero-order valence-corrected chi connectivity index (χ0v) is 14.4. The average molecular weight is 319 g/mol. The van der Waals surface area contributed by atoms with Crippen molar-refractivity contribution in [1.29, 1.82) is 0 Å². The van der Waals surface area contributed by atoms with Gasteiger partial charge in [0.05, 0.1) is 12.2 Å². The van der Waals surface area contributed by atoms with Gasteiger partial charge in [0.1, 0.15) is 0 Å². The number of likely N-dealkylation sites (N-methyl/N-ethyl adjacent to an activating group) is 1. The molecule has 6 heteroatoms. The third-order valence-electron chi connectivity index (χ3n) is 5.12. The second-order valence-electron chi connectivity index (χ2n) is 6.80. The summed E-state index contributed by atoms with van der Waals surface area (Å²) < 4.78 is 1.97. The Morgan fingerprint density at radius 3 is 2.78 bits per heavy atom. The number of hydrogen-bond donors (Lipinski definition) is 0. The molecule has 3 heterocycles. The van der Waals surface area contributed by atoms with Gasteiger partial charge in [0, 0.05) is 51.0 Å². The van der Waals surface area contributed by atoms with Gasteiger partial charge < -0.3 is 4.90 Å². The van der Waals surface area contributed by atoms with Crippen LogP contribution in [0, 0.1) is 0 Å². The van der Waals surface area contributed by atoms with Gasteiger partial charge in [-0.05, 0) is 39.8 Å². The van der Waals surface area contributed by atoms with Gasteiger partial charge in [-0.3, -0.25) is 19.3 Å². The van der Waals surface area contributed by atoms with E-state index in [2.05, 4.69) is 40.0 Å². The number of nitrogens with zero attached hydrogens (tertiary/aromatic N) is 5. The van der Waals surface area contributed by atoms with E-state index in [0.29, 0.717) is 5.91 Å². The van der Waals surface area contributed by atoms with Crippen LogP contribution in [0.1, 0.15) is 31.7 Å². The van der Waals surface area contributed by atoms with Crippen molar-refractivity contribution in [1.82, 2.24) is 24.5 Å². The molecule has 0 spiro atoms. The fraction of sp³-hybridized carbons (Fsp3) is 0.765. The second-order valence-corrected chi connectivity index (χ2v) is 6.80. The monoisotopic (exact) mass is 319 g/mol. The summed E-state index contributed by atoms with van der Waals surface area (Å²) in [4.78, 5) is 19.5. The number of amides is 1. The Kier molecular flexibility index (Phi) is 5.33. The van der Waals surface area contributed by atoms with Gasteiger partial charge in [0.15, 0.2) is 0 Å². The molecule has 1 amide bonds. The van der Waals surface area contributed by atoms with Crippen LogP contribution in [0.3, 0.4) is 0 Å². The van der Waals surface area contributed by atoms with Crippen molar-refractivity contribution in [2.75, 3.05) is 39.8 Å². The van der Waals surface area contributed by atoms with Crippen LogP contribution in [0.25, 0.3) is 0 Å². The van der Waals surface area contributed by atoms with E-state index < -0.39 is 0 Å². The normalized spacial score (nSPS) is 24.1. The molecular weight excluding hydrogens is 290 g/mol. The van der Waals surface area contributed by atoms with Gasteiger partial charge in [0.2, 0.25) is 5.91 Å². The molecule has 2 aliphatic rings. The van der Waals surface area contributed by atoms with Crippen LogP contribution in [0.4, 0.5) is 0 Å². The van der Waals surface area contributed by atoms with Crippen molar-refractivity contribution < 1.29 is 4.79 Å². The highest BCUT2D eigenvalue weighted by Crippen LogP contribution is 2.18. The first-order chi connectivity index (χ1) is 11.2. The van der Waals surface area contributed by atoms with E-state index >= 15 is 0 Å². The van der Waals surface area contributed by atoms with Crippen LogP contribution in [0.2, 0.25) is 0 Å². The Morgan fingerprint density at radius 1 is 1.22 bits per heavy atom. The van der Waals surface area contributed by atoms with E-state index in [9.17, 15) is 4.79 Å². The number of rotatable bonds is 4. The van der Waals surface area contributed by atoms with Gasteiger partial charge in [-0.25, -0.2) is 0 Å². The first-order valence-electron chi connectivity index (χ1n) is 8.90. The highest BCUT2D eigenvalue weighted by Gasteiger charge is 2.32. The molecule has 0 aliphatic carbocycles. The minimum atomic E-state index is 0.115. The van der Waals surface area contributed by atoms with Crippen LogP contribution in [0.5, 0.6) is 0 Å². The standard InChI is InChI=1S/C17H29N5O/c1-3-22-14-15(12-18-22)13-20-8-5-9-21(11-10-20)17(23)16-6-4-7-19(16)2/h12,14,16H,3-11,13H2,1-2H3/t16-/m1/s1. The molecule has 0 bridgehead atoms. The van der Waals surface area contributed by atoms with Crippen LogP contribution >= 0.6 is 0 Å². The average Bonchev–Trinajstić information content (AvgIpc) is 3.11. The third-order valence-corrected chi connectivity index (χ3v) is 5.12. The number of aromatic nitrogens is 2. The van der Waals surface area contributed by atoms with Crippen molar-refractivity contribution >= 4 is 5.91 Å². The molecule has 1 atom stereocenters. The molecular formula is C17H29N5O. The number of likely N-dealkylation sites (tertiary alicyclic amines) is 1. The molecule has 0 unspecified atom stereocenters. The van der Waals surface area contributed by atoms with Crippen molar-refractivity contribution in [3.8, 4) is 0 Å². The van der Waals surface area contributed by atoms with Crippen molar-refractivity contribution in [3.63, 3.8) is 0 Å². The second kappa shape index (κ2) is 7.45. The lowest BCUT2D eigenvalue weighted by Crippen LogP contribution is -2.45. The van der Waals surface area contributed by atoms with Crippen molar-refractivity contribution in [3.05, 3.63) is 18.0 Å². The van der Waals surface area contributed by atoms with Gasteiger partial charge in [0.25, 0.3) is 0 Å². The molecule has 1 aromatic heterocycles. The summed E-state index contributed by atoms with van der Waals surface area (Å²) in [6.45, 7) is 8.77. The summed E-state index contributed by atoms with van der Waals surface area (Å²) in [5, 5.41) is 4.35. The summed E-state index contributed by atoms with van der Waals surface area (Å²) in [5.74, 6) is 0.339. The van der Waals surface area contributed by atoms with E-state index in [1.54, 1.807) is 0 Å².